The average Bonchev–Trinajstić information content (AvgIpc) is 3.19. The first kappa shape index (κ1) is 21.2. The van der Waals surface area contributed by atoms with Crippen molar-refractivity contribution in [1.29, 1.82) is 0 Å². The van der Waals surface area contributed by atoms with Gasteiger partial charge >= 0.3 is 0 Å². The predicted octanol–water partition coefficient (Wildman–Crippen LogP) is 4.10. The summed E-state index contributed by atoms with van der Waals surface area (Å²) in [4.78, 5) is 24.2. The van der Waals surface area contributed by atoms with Crippen molar-refractivity contribution in [2.75, 3.05) is 13.1 Å². The van der Waals surface area contributed by atoms with Crippen LogP contribution in [0.4, 0.5) is 0 Å². The largest absolute Gasteiger partial charge is 0.353 e. The number of likely N-dealkylation sites (tertiary alicyclic amines) is 1. The van der Waals surface area contributed by atoms with Crippen molar-refractivity contribution in [1.82, 2.24) is 20.2 Å². The molecule has 0 bridgehead atoms. The molecule has 1 fully saturated rings. The monoisotopic (exact) mass is 414 g/mol. The number of nitrogens with zero attached hydrogens (tertiary/aromatic N) is 3. The zero-order valence-corrected chi connectivity index (χ0v) is 18.3. The molecule has 160 valence electrons. The number of hydrogen-bond acceptors (Lipinski definition) is 4. The smallest absolute Gasteiger partial charge is 0.228 e. The summed E-state index contributed by atoms with van der Waals surface area (Å²) >= 11 is 0. The highest BCUT2D eigenvalue weighted by molar-refractivity contribution is 5.84. The SMILES string of the molecule is CC(C)NC(=O)[C@]1(Cc2ccc(-c3ccncc3)cc2)CCN(Cc2ccccn2)C1. The average molecular weight is 415 g/mol. The van der Waals surface area contributed by atoms with Crippen molar-refractivity contribution in [3.63, 3.8) is 0 Å². The molecule has 1 aliphatic heterocycles. The molecule has 1 aliphatic rings. The minimum atomic E-state index is -0.419. The van der Waals surface area contributed by atoms with Crippen molar-refractivity contribution in [2.24, 2.45) is 5.41 Å². The number of pyridine rings is 2. The third-order valence-corrected chi connectivity index (χ3v) is 5.96. The Hall–Kier alpha value is -3.05. The second-order valence-corrected chi connectivity index (χ2v) is 8.80. The van der Waals surface area contributed by atoms with Gasteiger partial charge in [0.05, 0.1) is 11.1 Å². The normalized spacial score (nSPS) is 18.9. The maximum Gasteiger partial charge on any atom is 0.228 e. The first-order valence-electron chi connectivity index (χ1n) is 11.0. The molecule has 2 aromatic heterocycles. The fourth-order valence-corrected chi connectivity index (χ4v) is 4.39. The quantitative estimate of drug-likeness (QED) is 0.632. The molecule has 5 nitrogen and oxygen atoms in total. The minimum absolute atomic E-state index is 0.128. The van der Waals surface area contributed by atoms with Crippen LogP contribution in [0.2, 0.25) is 0 Å². The Morgan fingerprint density at radius 3 is 2.45 bits per heavy atom. The zero-order chi connectivity index (χ0) is 21.7. The van der Waals surface area contributed by atoms with E-state index in [0.717, 1.165) is 49.3 Å². The van der Waals surface area contributed by atoms with Gasteiger partial charge < -0.3 is 5.32 Å². The Bertz CT molecular complexity index is 989. The first-order chi connectivity index (χ1) is 15.0. The molecule has 1 atom stereocenters. The van der Waals surface area contributed by atoms with Crippen molar-refractivity contribution in [2.45, 2.75) is 39.3 Å². The highest BCUT2D eigenvalue weighted by Crippen LogP contribution is 2.36. The van der Waals surface area contributed by atoms with E-state index in [1.807, 2.05) is 62.8 Å². The maximum absolute atomic E-state index is 13.3. The lowest BCUT2D eigenvalue weighted by molar-refractivity contribution is -0.131. The van der Waals surface area contributed by atoms with Gasteiger partial charge in [0.25, 0.3) is 0 Å². The van der Waals surface area contributed by atoms with Gasteiger partial charge in [0.2, 0.25) is 5.91 Å². The van der Waals surface area contributed by atoms with Crippen LogP contribution < -0.4 is 5.32 Å². The van der Waals surface area contributed by atoms with Crippen molar-refractivity contribution in [3.05, 3.63) is 84.4 Å². The van der Waals surface area contributed by atoms with E-state index in [-0.39, 0.29) is 11.9 Å². The summed E-state index contributed by atoms with van der Waals surface area (Å²) in [5.41, 5.74) is 4.13. The highest BCUT2D eigenvalue weighted by Gasteiger charge is 2.44. The molecule has 3 heterocycles. The standard InChI is InChI=1S/C26H30N4O/c1-20(2)29-25(31)26(12-16-30(19-26)18-24-5-3-4-13-28-24)17-21-6-8-22(9-7-21)23-10-14-27-15-11-23/h3-11,13-15,20H,12,16-19H2,1-2H3,(H,29,31)/t26-/m0/s1. The number of nitrogens with one attached hydrogen (secondary N) is 1. The minimum Gasteiger partial charge on any atom is -0.353 e. The van der Waals surface area contributed by atoms with Crippen LogP contribution in [0.25, 0.3) is 11.1 Å². The van der Waals surface area contributed by atoms with E-state index in [1.54, 1.807) is 0 Å². The van der Waals surface area contributed by atoms with Gasteiger partial charge in [-0.1, -0.05) is 30.3 Å². The fourth-order valence-electron chi connectivity index (χ4n) is 4.39. The van der Waals surface area contributed by atoms with Crippen LogP contribution in [-0.2, 0) is 17.8 Å². The van der Waals surface area contributed by atoms with Gasteiger partial charge in [-0.3, -0.25) is 19.7 Å². The zero-order valence-electron chi connectivity index (χ0n) is 18.3. The Kier molecular flexibility index (Phi) is 6.42. The van der Waals surface area contributed by atoms with Crippen LogP contribution in [0.15, 0.2) is 73.2 Å². The van der Waals surface area contributed by atoms with Gasteiger partial charge in [0.15, 0.2) is 0 Å². The molecule has 0 spiro atoms. The second kappa shape index (κ2) is 9.40. The molecular weight excluding hydrogens is 384 g/mol. The van der Waals surface area contributed by atoms with Gasteiger partial charge in [-0.05, 0) is 74.2 Å². The number of rotatable bonds is 7. The lowest BCUT2D eigenvalue weighted by Gasteiger charge is -2.29. The van der Waals surface area contributed by atoms with Gasteiger partial charge in [0, 0.05) is 37.7 Å². The van der Waals surface area contributed by atoms with Crippen LogP contribution in [-0.4, -0.2) is 39.9 Å². The lowest BCUT2D eigenvalue weighted by atomic mass is 9.79. The summed E-state index contributed by atoms with van der Waals surface area (Å²) in [6.07, 6.45) is 7.03. The third kappa shape index (κ3) is 5.17. The topological polar surface area (TPSA) is 58.1 Å². The number of benzene rings is 1. The van der Waals surface area contributed by atoms with Gasteiger partial charge in [-0.15, -0.1) is 0 Å². The van der Waals surface area contributed by atoms with Crippen molar-refractivity contribution >= 4 is 5.91 Å². The Morgan fingerprint density at radius 1 is 1.03 bits per heavy atom. The Labute approximate surface area is 184 Å². The summed E-state index contributed by atoms with van der Waals surface area (Å²) < 4.78 is 0. The van der Waals surface area contributed by atoms with Crippen molar-refractivity contribution in [3.8, 4) is 11.1 Å². The first-order valence-corrected chi connectivity index (χ1v) is 11.0. The molecule has 0 saturated carbocycles. The lowest BCUT2D eigenvalue weighted by Crippen LogP contribution is -2.46. The maximum atomic E-state index is 13.3. The van der Waals surface area contributed by atoms with Crippen LogP contribution in [0, 0.1) is 5.41 Å². The summed E-state index contributed by atoms with van der Waals surface area (Å²) in [7, 11) is 0. The summed E-state index contributed by atoms with van der Waals surface area (Å²) in [5, 5.41) is 3.18. The van der Waals surface area contributed by atoms with Crippen LogP contribution >= 0.6 is 0 Å². The Morgan fingerprint density at radius 2 is 1.77 bits per heavy atom. The summed E-state index contributed by atoms with van der Waals surface area (Å²) in [5.74, 6) is 0.157. The molecule has 0 unspecified atom stereocenters. The molecule has 5 heteroatoms. The molecule has 3 aromatic rings. The van der Waals surface area contributed by atoms with Crippen molar-refractivity contribution < 1.29 is 4.79 Å². The molecule has 1 saturated heterocycles. The molecule has 31 heavy (non-hydrogen) atoms. The molecule has 0 aliphatic carbocycles. The van der Waals surface area contributed by atoms with Crippen LogP contribution in [0.1, 0.15) is 31.5 Å². The van der Waals surface area contributed by atoms with Crippen LogP contribution in [0.3, 0.4) is 0 Å². The van der Waals surface area contributed by atoms with Gasteiger partial charge in [0.1, 0.15) is 0 Å². The number of aromatic nitrogens is 2. The molecule has 1 N–H and O–H groups in total. The fraction of sp³-hybridized carbons (Fsp3) is 0.346. The summed E-state index contributed by atoms with van der Waals surface area (Å²) in [6, 6.07) is 18.7. The summed E-state index contributed by atoms with van der Waals surface area (Å²) in [6.45, 7) is 6.47. The molecular formula is C26H30N4O. The van der Waals surface area contributed by atoms with Gasteiger partial charge in [-0.2, -0.15) is 0 Å². The molecule has 4 rings (SSSR count). The Balaban J connectivity index is 1.52. The van der Waals surface area contributed by atoms with E-state index in [2.05, 4.69) is 44.5 Å². The highest BCUT2D eigenvalue weighted by atomic mass is 16.2. The molecule has 0 radical (unpaired) electrons. The molecule has 1 amide bonds. The number of hydrogen-bond donors (Lipinski definition) is 1. The third-order valence-electron chi connectivity index (χ3n) is 5.96. The van der Waals surface area contributed by atoms with E-state index in [4.69, 9.17) is 0 Å². The molecule has 1 aromatic carbocycles. The second-order valence-electron chi connectivity index (χ2n) is 8.80. The number of carbonyl (C=O) groups excluding carboxylic acids is 1. The van der Waals surface area contributed by atoms with E-state index < -0.39 is 5.41 Å². The number of amides is 1. The van der Waals surface area contributed by atoms with Crippen LogP contribution in [0.5, 0.6) is 0 Å². The van der Waals surface area contributed by atoms with E-state index in [1.165, 1.54) is 5.56 Å². The van der Waals surface area contributed by atoms with E-state index in [0.29, 0.717) is 0 Å². The van der Waals surface area contributed by atoms with E-state index >= 15 is 0 Å². The van der Waals surface area contributed by atoms with Gasteiger partial charge in [-0.25, -0.2) is 0 Å². The number of carbonyl (C=O) groups is 1. The van der Waals surface area contributed by atoms with E-state index in [9.17, 15) is 4.79 Å². The predicted molar refractivity (Wildman–Crippen MR) is 123 cm³/mol.